The Labute approximate surface area is 163 Å². The van der Waals surface area contributed by atoms with Crippen molar-refractivity contribution < 1.29 is 19.1 Å². The maximum Gasteiger partial charge on any atom is 0.340 e. The van der Waals surface area contributed by atoms with Crippen LogP contribution in [0.3, 0.4) is 0 Å². The molecule has 7 heteroatoms. The van der Waals surface area contributed by atoms with Gasteiger partial charge in [0.15, 0.2) is 0 Å². The smallest absolute Gasteiger partial charge is 0.340 e. The van der Waals surface area contributed by atoms with Crippen LogP contribution in [-0.2, 0) is 4.74 Å². The van der Waals surface area contributed by atoms with Crippen LogP contribution >= 0.6 is 0 Å². The lowest BCUT2D eigenvalue weighted by atomic mass is 10.1. The molecule has 0 bridgehead atoms. The van der Waals surface area contributed by atoms with Gasteiger partial charge in [0, 0.05) is 18.4 Å². The molecule has 0 radical (unpaired) electrons. The third-order valence-corrected chi connectivity index (χ3v) is 4.62. The Morgan fingerprint density at radius 1 is 1.07 bits per heavy atom. The van der Waals surface area contributed by atoms with E-state index >= 15 is 0 Å². The summed E-state index contributed by atoms with van der Waals surface area (Å²) in [7, 11) is 0. The second-order valence-corrected chi connectivity index (χ2v) is 6.64. The topological polar surface area (TPSA) is 97.4 Å². The molecule has 1 saturated carbocycles. The second-order valence-electron chi connectivity index (χ2n) is 6.64. The second kappa shape index (κ2) is 9.12. The van der Waals surface area contributed by atoms with Gasteiger partial charge in [-0.1, -0.05) is 25.0 Å². The fraction of sp³-hybridized carbons (Fsp3) is 0.333. The Bertz CT molecular complexity index is 875. The summed E-state index contributed by atoms with van der Waals surface area (Å²) in [6.07, 6.45) is 7.01. The number of amides is 2. The first-order chi connectivity index (χ1) is 13.6. The van der Waals surface area contributed by atoms with Crippen molar-refractivity contribution in [2.75, 3.05) is 11.9 Å². The minimum Gasteiger partial charge on any atom is -0.462 e. The summed E-state index contributed by atoms with van der Waals surface area (Å²) in [5, 5.41) is 5.67. The van der Waals surface area contributed by atoms with Crippen LogP contribution < -0.4 is 10.6 Å². The van der Waals surface area contributed by atoms with Gasteiger partial charge in [-0.3, -0.25) is 14.6 Å². The molecule has 28 heavy (non-hydrogen) atoms. The zero-order valence-corrected chi connectivity index (χ0v) is 15.7. The number of carbonyl (C=O) groups is 3. The van der Waals surface area contributed by atoms with E-state index in [1.165, 1.54) is 18.5 Å². The van der Waals surface area contributed by atoms with Crippen LogP contribution in [0.4, 0.5) is 5.69 Å². The maximum absolute atomic E-state index is 12.6. The predicted molar refractivity (Wildman–Crippen MR) is 104 cm³/mol. The molecule has 0 aliphatic heterocycles. The summed E-state index contributed by atoms with van der Waals surface area (Å²) in [4.78, 5) is 41.1. The van der Waals surface area contributed by atoms with Crippen LogP contribution in [-0.4, -0.2) is 35.4 Å². The number of hydrogen-bond acceptors (Lipinski definition) is 5. The van der Waals surface area contributed by atoms with Crippen molar-refractivity contribution >= 4 is 23.5 Å². The zero-order chi connectivity index (χ0) is 19.9. The number of carbonyl (C=O) groups excluding carboxylic acids is 3. The average Bonchev–Trinajstić information content (AvgIpc) is 3.21. The minimum atomic E-state index is -0.513. The van der Waals surface area contributed by atoms with Gasteiger partial charge in [-0.25, -0.2) is 4.79 Å². The molecule has 7 nitrogen and oxygen atoms in total. The van der Waals surface area contributed by atoms with Gasteiger partial charge in [0.1, 0.15) is 0 Å². The number of para-hydroxylation sites is 1. The number of aromatic nitrogens is 1. The molecule has 1 heterocycles. The summed E-state index contributed by atoms with van der Waals surface area (Å²) in [5.74, 6) is -1.21. The highest BCUT2D eigenvalue weighted by Crippen LogP contribution is 2.19. The lowest BCUT2D eigenvalue weighted by Gasteiger charge is -2.13. The van der Waals surface area contributed by atoms with E-state index in [4.69, 9.17) is 4.74 Å². The first-order valence-corrected chi connectivity index (χ1v) is 9.42. The summed E-state index contributed by atoms with van der Waals surface area (Å²) in [5.41, 5.74) is 1.17. The molecule has 0 unspecified atom stereocenters. The minimum absolute atomic E-state index is 0.182. The van der Waals surface area contributed by atoms with Crippen molar-refractivity contribution in [2.24, 2.45) is 0 Å². The van der Waals surface area contributed by atoms with Gasteiger partial charge < -0.3 is 15.4 Å². The van der Waals surface area contributed by atoms with Crippen molar-refractivity contribution in [3.63, 3.8) is 0 Å². The van der Waals surface area contributed by atoms with Crippen LogP contribution in [0.1, 0.15) is 63.7 Å². The Hall–Kier alpha value is -3.22. The molecule has 1 aromatic heterocycles. The van der Waals surface area contributed by atoms with Gasteiger partial charge in [0.2, 0.25) is 0 Å². The Morgan fingerprint density at radius 3 is 2.46 bits per heavy atom. The normalized spacial score (nSPS) is 13.8. The number of ether oxygens (including phenoxy) is 1. The van der Waals surface area contributed by atoms with Crippen molar-refractivity contribution in [3.05, 3.63) is 59.4 Å². The summed E-state index contributed by atoms with van der Waals surface area (Å²) in [6, 6.07) is 8.28. The molecule has 0 atom stereocenters. The van der Waals surface area contributed by atoms with E-state index in [0.29, 0.717) is 11.3 Å². The molecule has 2 N–H and O–H groups in total. The maximum atomic E-state index is 12.6. The van der Waals surface area contributed by atoms with Crippen LogP contribution in [0.5, 0.6) is 0 Å². The Kier molecular flexibility index (Phi) is 6.37. The molecule has 1 aliphatic rings. The summed E-state index contributed by atoms with van der Waals surface area (Å²) in [6.45, 7) is 1.95. The molecule has 2 aromatic rings. The van der Waals surface area contributed by atoms with Gasteiger partial charge in [0.25, 0.3) is 11.8 Å². The number of rotatable bonds is 6. The van der Waals surface area contributed by atoms with E-state index in [0.717, 1.165) is 25.7 Å². The number of benzene rings is 1. The van der Waals surface area contributed by atoms with E-state index < -0.39 is 11.9 Å². The highest BCUT2D eigenvalue weighted by atomic mass is 16.5. The number of hydrogen-bond donors (Lipinski definition) is 2. The van der Waals surface area contributed by atoms with Crippen molar-refractivity contribution in [3.8, 4) is 0 Å². The van der Waals surface area contributed by atoms with Crippen molar-refractivity contribution in [1.82, 2.24) is 10.3 Å². The van der Waals surface area contributed by atoms with Gasteiger partial charge in [-0.2, -0.15) is 0 Å². The van der Waals surface area contributed by atoms with Crippen LogP contribution in [0.15, 0.2) is 42.7 Å². The lowest BCUT2D eigenvalue weighted by molar-refractivity contribution is 0.0527. The number of nitrogens with one attached hydrogen (secondary N) is 2. The molecular weight excluding hydrogens is 358 g/mol. The molecule has 1 aromatic carbocycles. The number of anilines is 1. The van der Waals surface area contributed by atoms with E-state index in [9.17, 15) is 14.4 Å². The first kappa shape index (κ1) is 19.5. The molecule has 146 valence electrons. The number of nitrogens with zero attached hydrogens (tertiary/aromatic N) is 1. The molecule has 2 amide bonds. The summed E-state index contributed by atoms with van der Waals surface area (Å²) < 4.78 is 5.01. The third-order valence-electron chi connectivity index (χ3n) is 4.62. The van der Waals surface area contributed by atoms with Gasteiger partial charge >= 0.3 is 5.97 Å². The van der Waals surface area contributed by atoms with E-state index in [2.05, 4.69) is 15.6 Å². The molecule has 1 fully saturated rings. The largest absolute Gasteiger partial charge is 0.462 e. The van der Waals surface area contributed by atoms with Crippen LogP contribution in [0.25, 0.3) is 0 Å². The Morgan fingerprint density at radius 2 is 1.75 bits per heavy atom. The highest BCUT2D eigenvalue weighted by Gasteiger charge is 2.20. The SMILES string of the molecule is CCOC(=O)c1ccccc1NC(=O)c1cncc(C(=O)NC2CCCC2)c1. The van der Waals surface area contributed by atoms with Crippen molar-refractivity contribution in [2.45, 2.75) is 38.6 Å². The molecule has 0 spiro atoms. The fourth-order valence-corrected chi connectivity index (χ4v) is 3.20. The summed E-state index contributed by atoms with van der Waals surface area (Å²) >= 11 is 0. The Balaban J connectivity index is 1.73. The average molecular weight is 381 g/mol. The van der Waals surface area contributed by atoms with E-state index in [1.54, 1.807) is 31.2 Å². The predicted octanol–water partition coefficient (Wildman–Crippen LogP) is 3.18. The zero-order valence-electron chi connectivity index (χ0n) is 15.7. The molecule has 0 saturated heterocycles. The first-order valence-electron chi connectivity index (χ1n) is 9.42. The fourth-order valence-electron chi connectivity index (χ4n) is 3.20. The third kappa shape index (κ3) is 4.73. The van der Waals surface area contributed by atoms with Crippen LogP contribution in [0, 0.1) is 0 Å². The highest BCUT2D eigenvalue weighted by molar-refractivity contribution is 6.08. The molecular formula is C21H23N3O4. The van der Waals surface area contributed by atoms with E-state index in [-0.39, 0.29) is 29.7 Å². The number of pyridine rings is 1. The van der Waals surface area contributed by atoms with E-state index in [1.807, 2.05) is 0 Å². The monoisotopic (exact) mass is 381 g/mol. The van der Waals surface area contributed by atoms with Crippen LogP contribution in [0.2, 0.25) is 0 Å². The van der Waals surface area contributed by atoms with Gasteiger partial charge in [-0.15, -0.1) is 0 Å². The lowest BCUT2D eigenvalue weighted by Crippen LogP contribution is -2.32. The quantitative estimate of drug-likeness (QED) is 0.749. The number of esters is 1. The standard InChI is InChI=1S/C21H23N3O4/c1-2-28-21(27)17-9-5-6-10-18(17)24-20(26)15-11-14(12-22-13-15)19(25)23-16-7-3-4-8-16/h5-6,9-13,16H,2-4,7-8H2,1H3,(H,23,25)(H,24,26). The van der Waals surface area contributed by atoms with Gasteiger partial charge in [0.05, 0.1) is 29.0 Å². The van der Waals surface area contributed by atoms with Gasteiger partial charge in [-0.05, 0) is 38.0 Å². The molecule has 3 rings (SSSR count). The van der Waals surface area contributed by atoms with Crippen molar-refractivity contribution in [1.29, 1.82) is 0 Å². The molecule has 1 aliphatic carbocycles.